The van der Waals surface area contributed by atoms with E-state index in [0.717, 1.165) is 0 Å². The van der Waals surface area contributed by atoms with Crippen LogP contribution in [-0.2, 0) is 9.53 Å². The van der Waals surface area contributed by atoms with Crippen molar-refractivity contribution in [2.45, 2.75) is 64.7 Å². The van der Waals surface area contributed by atoms with Crippen molar-refractivity contribution < 1.29 is 22.7 Å². The van der Waals surface area contributed by atoms with E-state index >= 15 is 0 Å². The summed E-state index contributed by atoms with van der Waals surface area (Å²) in [6.45, 7) is 5.74. The van der Waals surface area contributed by atoms with Crippen LogP contribution in [0.2, 0.25) is 0 Å². The monoisotopic (exact) mass is 283 g/mol. The molecule has 0 radical (unpaired) electrons. The second-order valence-electron chi connectivity index (χ2n) is 5.28. The van der Waals surface area contributed by atoms with Gasteiger partial charge in [-0.25, -0.2) is 0 Å². The normalized spacial score (nSPS) is 15.4. The van der Waals surface area contributed by atoms with Crippen LogP contribution >= 0.6 is 0 Å². The highest BCUT2D eigenvalue weighted by Gasteiger charge is 2.27. The third-order valence-corrected chi connectivity index (χ3v) is 2.78. The third kappa shape index (κ3) is 9.76. The van der Waals surface area contributed by atoms with Crippen molar-refractivity contribution >= 4 is 5.97 Å². The maximum absolute atomic E-state index is 12.0. The second kappa shape index (κ2) is 8.40. The molecule has 2 unspecified atom stereocenters. The van der Waals surface area contributed by atoms with Crippen molar-refractivity contribution in [3.63, 3.8) is 0 Å². The Kier molecular flexibility index (Phi) is 8.06. The topological polar surface area (TPSA) is 38.3 Å². The van der Waals surface area contributed by atoms with E-state index < -0.39 is 18.6 Å². The van der Waals surface area contributed by atoms with Crippen LogP contribution < -0.4 is 5.32 Å². The first-order valence-electron chi connectivity index (χ1n) is 6.56. The average molecular weight is 283 g/mol. The van der Waals surface area contributed by atoms with Crippen LogP contribution in [0.4, 0.5) is 13.2 Å². The van der Waals surface area contributed by atoms with Crippen molar-refractivity contribution in [2.75, 3.05) is 7.11 Å². The lowest BCUT2D eigenvalue weighted by atomic mass is 10.0. The number of alkyl halides is 3. The molecule has 0 amide bonds. The van der Waals surface area contributed by atoms with Crippen molar-refractivity contribution in [3.8, 4) is 0 Å². The SMILES string of the molecule is COC(=O)C(CC(C)C)NC(C)CCCC(F)(F)F. The van der Waals surface area contributed by atoms with Gasteiger partial charge in [-0.05, 0) is 32.1 Å². The van der Waals surface area contributed by atoms with Crippen LogP contribution in [0.15, 0.2) is 0 Å². The highest BCUT2D eigenvalue weighted by Crippen LogP contribution is 2.22. The molecule has 0 aromatic heterocycles. The number of hydrogen-bond acceptors (Lipinski definition) is 3. The van der Waals surface area contributed by atoms with Gasteiger partial charge in [0.15, 0.2) is 0 Å². The molecule has 0 aliphatic heterocycles. The average Bonchev–Trinajstić information content (AvgIpc) is 2.24. The summed E-state index contributed by atoms with van der Waals surface area (Å²) in [6, 6.07) is -0.601. The van der Waals surface area contributed by atoms with Crippen LogP contribution in [0.5, 0.6) is 0 Å². The van der Waals surface area contributed by atoms with Crippen LogP contribution in [0.1, 0.15) is 46.5 Å². The van der Waals surface area contributed by atoms with E-state index in [1.807, 2.05) is 13.8 Å². The maximum Gasteiger partial charge on any atom is 0.389 e. The van der Waals surface area contributed by atoms with E-state index in [1.54, 1.807) is 6.92 Å². The Morgan fingerprint density at radius 2 is 1.84 bits per heavy atom. The first kappa shape index (κ1) is 18.2. The van der Waals surface area contributed by atoms with Crippen LogP contribution in [-0.4, -0.2) is 31.3 Å². The molecule has 0 aliphatic carbocycles. The lowest BCUT2D eigenvalue weighted by Gasteiger charge is -2.23. The van der Waals surface area contributed by atoms with Crippen molar-refractivity contribution in [1.82, 2.24) is 5.32 Å². The number of ether oxygens (including phenoxy) is 1. The minimum absolute atomic E-state index is 0.0627. The molecule has 1 N–H and O–H groups in total. The fourth-order valence-electron chi connectivity index (χ4n) is 1.88. The maximum atomic E-state index is 12.0. The fraction of sp³-hybridized carbons (Fsp3) is 0.923. The Bertz CT molecular complexity index is 267. The van der Waals surface area contributed by atoms with Gasteiger partial charge in [0.25, 0.3) is 0 Å². The van der Waals surface area contributed by atoms with Gasteiger partial charge in [-0.15, -0.1) is 0 Å². The molecule has 0 rings (SSSR count). The molecule has 0 bridgehead atoms. The Labute approximate surface area is 112 Å². The zero-order valence-corrected chi connectivity index (χ0v) is 12.0. The fourth-order valence-corrected chi connectivity index (χ4v) is 1.88. The zero-order valence-electron chi connectivity index (χ0n) is 12.0. The minimum Gasteiger partial charge on any atom is -0.468 e. The number of carbonyl (C=O) groups is 1. The number of carbonyl (C=O) groups excluding carboxylic acids is 1. The number of rotatable bonds is 8. The molecule has 0 aromatic rings. The van der Waals surface area contributed by atoms with E-state index in [1.165, 1.54) is 7.11 Å². The molecule has 0 spiro atoms. The van der Waals surface area contributed by atoms with E-state index in [4.69, 9.17) is 4.74 Å². The lowest BCUT2D eigenvalue weighted by Crippen LogP contribution is -2.43. The number of hydrogen-bond donors (Lipinski definition) is 1. The molecule has 3 nitrogen and oxygen atoms in total. The Morgan fingerprint density at radius 3 is 2.26 bits per heavy atom. The number of methoxy groups -OCH3 is 1. The van der Waals surface area contributed by atoms with Crippen molar-refractivity contribution in [1.29, 1.82) is 0 Å². The number of nitrogens with one attached hydrogen (secondary N) is 1. The molecular weight excluding hydrogens is 259 g/mol. The third-order valence-electron chi connectivity index (χ3n) is 2.78. The molecule has 0 saturated carbocycles. The summed E-state index contributed by atoms with van der Waals surface area (Å²) in [5.41, 5.74) is 0. The molecule has 0 saturated heterocycles. The molecule has 0 aliphatic rings. The first-order chi connectivity index (χ1) is 8.65. The van der Waals surface area contributed by atoms with E-state index in [0.29, 0.717) is 18.8 Å². The summed E-state index contributed by atoms with van der Waals surface area (Å²) in [5.74, 6) is -0.0599. The zero-order chi connectivity index (χ0) is 15.1. The summed E-state index contributed by atoms with van der Waals surface area (Å²) in [5, 5.41) is 3.04. The number of esters is 1. The summed E-state index contributed by atoms with van der Waals surface area (Å²) in [7, 11) is 1.31. The Morgan fingerprint density at radius 1 is 1.26 bits per heavy atom. The molecule has 2 atom stereocenters. The second-order valence-corrected chi connectivity index (χ2v) is 5.28. The summed E-state index contributed by atoms with van der Waals surface area (Å²) < 4.78 is 40.8. The summed E-state index contributed by atoms with van der Waals surface area (Å²) in [6.07, 6.45) is -3.85. The molecule has 0 fully saturated rings. The van der Waals surface area contributed by atoms with E-state index in [-0.39, 0.29) is 18.4 Å². The molecule has 19 heavy (non-hydrogen) atoms. The first-order valence-corrected chi connectivity index (χ1v) is 6.56. The van der Waals surface area contributed by atoms with Gasteiger partial charge < -0.3 is 10.1 Å². The highest BCUT2D eigenvalue weighted by molar-refractivity contribution is 5.75. The van der Waals surface area contributed by atoms with E-state index in [9.17, 15) is 18.0 Å². The van der Waals surface area contributed by atoms with Gasteiger partial charge in [0, 0.05) is 12.5 Å². The van der Waals surface area contributed by atoms with Gasteiger partial charge in [0.2, 0.25) is 0 Å². The van der Waals surface area contributed by atoms with Gasteiger partial charge in [0.05, 0.1) is 7.11 Å². The predicted molar refractivity (Wildman–Crippen MR) is 67.8 cm³/mol. The van der Waals surface area contributed by atoms with Crippen LogP contribution in [0, 0.1) is 5.92 Å². The molecular formula is C13H24F3NO2. The van der Waals surface area contributed by atoms with Crippen molar-refractivity contribution in [2.24, 2.45) is 5.92 Å². The van der Waals surface area contributed by atoms with Gasteiger partial charge >= 0.3 is 12.1 Å². The van der Waals surface area contributed by atoms with Gasteiger partial charge in [-0.1, -0.05) is 13.8 Å². The Balaban J connectivity index is 4.16. The smallest absolute Gasteiger partial charge is 0.389 e. The molecule has 0 aromatic carbocycles. The summed E-state index contributed by atoms with van der Waals surface area (Å²) in [4.78, 5) is 11.6. The molecule has 6 heteroatoms. The quantitative estimate of drug-likeness (QED) is 0.695. The van der Waals surface area contributed by atoms with Gasteiger partial charge in [0.1, 0.15) is 6.04 Å². The lowest BCUT2D eigenvalue weighted by molar-refractivity contribution is -0.144. The molecule has 114 valence electrons. The minimum atomic E-state index is -4.11. The van der Waals surface area contributed by atoms with Crippen molar-refractivity contribution in [3.05, 3.63) is 0 Å². The summed E-state index contributed by atoms with van der Waals surface area (Å²) >= 11 is 0. The number of halogens is 3. The van der Waals surface area contributed by atoms with Gasteiger partial charge in [-0.2, -0.15) is 13.2 Å². The van der Waals surface area contributed by atoms with Crippen LogP contribution in [0.25, 0.3) is 0 Å². The highest BCUT2D eigenvalue weighted by atomic mass is 19.4. The predicted octanol–water partition coefficient (Wildman–Crippen LogP) is 3.28. The largest absolute Gasteiger partial charge is 0.468 e. The van der Waals surface area contributed by atoms with Gasteiger partial charge in [-0.3, -0.25) is 4.79 Å². The van der Waals surface area contributed by atoms with E-state index in [2.05, 4.69) is 5.32 Å². The standard InChI is InChI=1S/C13H24F3NO2/c1-9(2)8-11(12(18)19-4)17-10(3)6-5-7-13(14,15)16/h9-11,17H,5-8H2,1-4H3. The Hall–Kier alpha value is -0.780. The molecule has 0 heterocycles. The van der Waals surface area contributed by atoms with Crippen LogP contribution in [0.3, 0.4) is 0 Å².